The van der Waals surface area contributed by atoms with Gasteiger partial charge in [0.05, 0.1) is 5.54 Å². The maximum Gasteiger partial charge on any atom is 0.0530 e. The molecule has 0 unspecified atom stereocenters. The van der Waals surface area contributed by atoms with E-state index in [0.717, 1.165) is 6.54 Å². The minimum absolute atomic E-state index is 0.0117. The van der Waals surface area contributed by atoms with Crippen LogP contribution in [0.15, 0.2) is 0 Å². The van der Waals surface area contributed by atoms with E-state index in [1.54, 1.807) is 0 Å². The van der Waals surface area contributed by atoms with Gasteiger partial charge in [0.15, 0.2) is 0 Å². The molecule has 0 aliphatic carbocycles. The fourth-order valence-electron chi connectivity index (χ4n) is 5.01. The monoisotopic (exact) mass is 355 g/mol. The van der Waals surface area contributed by atoms with Crippen LogP contribution in [-0.2, 0) is 0 Å². The first-order valence-electron chi connectivity index (χ1n) is 10.8. The largest absolute Gasteiger partial charge is 0.292 e. The van der Waals surface area contributed by atoms with Crippen molar-refractivity contribution in [3.05, 3.63) is 0 Å². The molecule has 0 amide bonds. The van der Waals surface area contributed by atoms with Crippen LogP contribution >= 0.6 is 0 Å². The smallest absolute Gasteiger partial charge is 0.0530 e. The molecule has 0 aromatic heterocycles. The van der Waals surface area contributed by atoms with Gasteiger partial charge in [0.1, 0.15) is 0 Å². The molecule has 0 radical (unpaired) electrons. The molecule has 0 heterocycles. The lowest BCUT2D eigenvalue weighted by Gasteiger charge is -2.59. The normalized spacial score (nSPS) is 13.9. The van der Waals surface area contributed by atoms with Crippen LogP contribution < -0.4 is 5.84 Å². The lowest BCUT2D eigenvalue weighted by atomic mass is 9.69. The predicted molar refractivity (Wildman–Crippen MR) is 114 cm³/mol. The zero-order valence-corrected chi connectivity index (χ0v) is 19.2. The molecule has 0 aromatic rings. The molecule has 0 atom stereocenters. The van der Waals surface area contributed by atoms with E-state index in [-0.39, 0.29) is 11.1 Å². The predicted octanol–water partition coefficient (Wildman–Crippen LogP) is 5.83. The molecule has 3 nitrogen and oxygen atoms in total. The highest BCUT2D eigenvalue weighted by atomic mass is 15.5. The molecule has 0 spiro atoms. The molecule has 2 N–H and O–H groups in total. The van der Waals surface area contributed by atoms with E-state index in [2.05, 4.69) is 79.1 Å². The summed E-state index contributed by atoms with van der Waals surface area (Å²) in [6.07, 6.45) is 7.28. The minimum atomic E-state index is 0.0117. The third kappa shape index (κ3) is 6.22. The minimum Gasteiger partial charge on any atom is -0.292 e. The SMILES string of the molecule is CCCCC(CCCC)(N(N)CC(C)C)C(C)(C)N(C(C)C)C(C)C. The first-order valence-corrected chi connectivity index (χ1v) is 10.8. The second-order valence-electron chi connectivity index (χ2n) is 9.44. The van der Waals surface area contributed by atoms with E-state index >= 15 is 0 Å². The van der Waals surface area contributed by atoms with Crippen LogP contribution in [-0.4, -0.2) is 39.6 Å². The molecule has 25 heavy (non-hydrogen) atoms. The summed E-state index contributed by atoms with van der Waals surface area (Å²) in [7, 11) is 0. The van der Waals surface area contributed by atoms with E-state index in [0.29, 0.717) is 18.0 Å². The summed E-state index contributed by atoms with van der Waals surface area (Å²) >= 11 is 0. The van der Waals surface area contributed by atoms with E-state index in [4.69, 9.17) is 5.84 Å². The first kappa shape index (κ1) is 24.9. The molecule has 0 fully saturated rings. The molecular formula is C22H49N3. The van der Waals surface area contributed by atoms with E-state index in [1.165, 1.54) is 38.5 Å². The summed E-state index contributed by atoms with van der Waals surface area (Å²) in [4.78, 5) is 2.69. The second kappa shape index (κ2) is 10.9. The lowest BCUT2D eigenvalue weighted by molar-refractivity contribution is -0.0987. The van der Waals surface area contributed by atoms with Gasteiger partial charge in [-0.05, 0) is 60.3 Å². The number of nitrogens with two attached hydrogens (primary N) is 1. The Morgan fingerprint density at radius 2 is 1.20 bits per heavy atom. The van der Waals surface area contributed by atoms with Crippen molar-refractivity contribution in [1.82, 2.24) is 9.91 Å². The van der Waals surface area contributed by atoms with Crippen LogP contribution in [0.4, 0.5) is 0 Å². The number of hydrazine groups is 1. The Bertz CT molecular complexity index is 331. The summed E-state index contributed by atoms with van der Waals surface area (Å²) in [5.41, 5.74) is 0.0289. The van der Waals surface area contributed by atoms with Crippen molar-refractivity contribution in [1.29, 1.82) is 0 Å². The summed E-state index contributed by atoms with van der Waals surface area (Å²) in [5.74, 6) is 7.44. The highest BCUT2D eigenvalue weighted by Gasteiger charge is 2.51. The number of nitrogens with zero attached hydrogens (tertiary/aromatic N) is 2. The van der Waals surface area contributed by atoms with Gasteiger partial charge in [-0.15, -0.1) is 0 Å². The zero-order valence-electron chi connectivity index (χ0n) is 19.2. The van der Waals surface area contributed by atoms with Gasteiger partial charge in [-0.1, -0.05) is 53.4 Å². The number of rotatable bonds is 13. The van der Waals surface area contributed by atoms with Crippen molar-refractivity contribution < 1.29 is 0 Å². The van der Waals surface area contributed by atoms with Gasteiger partial charge in [0.2, 0.25) is 0 Å². The van der Waals surface area contributed by atoms with Gasteiger partial charge in [-0.2, -0.15) is 0 Å². The molecular weight excluding hydrogens is 306 g/mol. The van der Waals surface area contributed by atoms with Crippen molar-refractivity contribution >= 4 is 0 Å². The Kier molecular flexibility index (Phi) is 10.8. The summed E-state index contributed by atoms with van der Waals surface area (Å²) < 4.78 is 0. The fraction of sp³-hybridized carbons (Fsp3) is 1.00. The molecule has 0 saturated heterocycles. The van der Waals surface area contributed by atoms with Crippen molar-refractivity contribution in [2.75, 3.05) is 6.54 Å². The van der Waals surface area contributed by atoms with Crippen LogP contribution in [0, 0.1) is 5.92 Å². The molecule has 152 valence electrons. The fourth-order valence-corrected chi connectivity index (χ4v) is 5.01. The van der Waals surface area contributed by atoms with Crippen LogP contribution in [0.3, 0.4) is 0 Å². The van der Waals surface area contributed by atoms with Crippen molar-refractivity contribution in [2.45, 2.75) is 131 Å². The van der Waals surface area contributed by atoms with E-state index in [9.17, 15) is 0 Å². The Morgan fingerprint density at radius 3 is 1.48 bits per heavy atom. The molecule has 0 aromatic carbocycles. The quantitative estimate of drug-likeness (QED) is 0.333. The van der Waals surface area contributed by atoms with Gasteiger partial charge in [0.25, 0.3) is 0 Å². The van der Waals surface area contributed by atoms with Crippen molar-refractivity contribution in [3.63, 3.8) is 0 Å². The molecule has 0 aliphatic heterocycles. The third-order valence-electron chi connectivity index (χ3n) is 5.90. The Hall–Kier alpha value is -0.120. The van der Waals surface area contributed by atoms with Gasteiger partial charge in [0, 0.05) is 24.2 Å². The Labute approximate surface area is 159 Å². The molecule has 0 bridgehead atoms. The zero-order chi connectivity index (χ0) is 19.8. The highest BCUT2D eigenvalue weighted by molar-refractivity contribution is 5.08. The van der Waals surface area contributed by atoms with E-state index in [1.807, 2.05) is 0 Å². The van der Waals surface area contributed by atoms with Crippen LogP contribution in [0.25, 0.3) is 0 Å². The number of hydrogen-bond acceptors (Lipinski definition) is 3. The highest BCUT2D eigenvalue weighted by Crippen LogP contribution is 2.42. The second-order valence-corrected chi connectivity index (χ2v) is 9.44. The third-order valence-corrected chi connectivity index (χ3v) is 5.90. The van der Waals surface area contributed by atoms with Gasteiger partial charge >= 0.3 is 0 Å². The van der Waals surface area contributed by atoms with Crippen LogP contribution in [0.1, 0.15) is 108 Å². The van der Waals surface area contributed by atoms with Crippen LogP contribution in [0.5, 0.6) is 0 Å². The molecule has 3 heteroatoms. The Balaban J connectivity index is 6.15. The molecule has 0 saturated carbocycles. The summed E-state index contributed by atoms with van der Waals surface area (Å²) in [5, 5.41) is 2.24. The lowest BCUT2D eigenvalue weighted by Crippen LogP contribution is -2.72. The van der Waals surface area contributed by atoms with Gasteiger partial charge < -0.3 is 0 Å². The maximum atomic E-state index is 6.87. The molecule has 0 rings (SSSR count). The summed E-state index contributed by atoms with van der Waals surface area (Å²) in [6.45, 7) is 24.3. The topological polar surface area (TPSA) is 32.5 Å². The average molecular weight is 356 g/mol. The van der Waals surface area contributed by atoms with Crippen molar-refractivity contribution in [3.8, 4) is 0 Å². The average Bonchev–Trinajstić information content (AvgIpc) is 2.45. The first-order chi connectivity index (χ1) is 11.5. The van der Waals surface area contributed by atoms with Gasteiger partial charge in [-0.25, -0.2) is 5.01 Å². The number of hydrogen-bond donors (Lipinski definition) is 1. The Morgan fingerprint density at radius 1 is 0.800 bits per heavy atom. The van der Waals surface area contributed by atoms with E-state index < -0.39 is 0 Å². The maximum absolute atomic E-state index is 6.87. The standard InChI is InChI=1S/C22H49N3/c1-11-13-15-22(16-14-12-2,24(23)17-18(3)4)21(9,10)25(19(5)6)20(7)8/h18-20H,11-17,23H2,1-10H3. The summed E-state index contributed by atoms with van der Waals surface area (Å²) in [6, 6.07) is 1.01. The molecule has 0 aliphatic rings. The van der Waals surface area contributed by atoms with Crippen LogP contribution in [0.2, 0.25) is 0 Å². The van der Waals surface area contributed by atoms with Gasteiger partial charge in [-0.3, -0.25) is 10.7 Å². The number of unbranched alkanes of at least 4 members (excludes halogenated alkanes) is 2. The van der Waals surface area contributed by atoms with Crippen molar-refractivity contribution in [2.24, 2.45) is 11.8 Å².